The lowest BCUT2D eigenvalue weighted by molar-refractivity contribution is -0.114. The Morgan fingerprint density at radius 2 is 2.12 bits per heavy atom. The van der Waals surface area contributed by atoms with Crippen LogP contribution >= 0.6 is 11.6 Å². The molecular formula is C18H15ClFNO5. The fourth-order valence-corrected chi connectivity index (χ4v) is 2.81. The van der Waals surface area contributed by atoms with E-state index in [1.165, 1.54) is 19.1 Å². The predicted molar refractivity (Wildman–Crippen MR) is 91.6 cm³/mol. The third kappa shape index (κ3) is 4.12. The Balaban J connectivity index is 1.77. The van der Waals surface area contributed by atoms with Crippen molar-refractivity contribution in [1.29, 1.82) is 0 Å². The van der Waals surface area contributed by atoms with Crippen LogP contribution in [0.15, 0.2) is 30.3 Å². The topological polar surface area (TPSA) is 73.9 Å². The van der Waals surface area contributed by atoms with Crippen LogP contribution in [0, 0.1) is 5.82 Å². The molecule has 3 rings (SSSR count). The lowest BCUT2D eigenvalue weighted by atomic mass is 10.1. The van der Waals surface area contributed by atoms with Gasteiger partial charge in [-0.25, -0.2) is 9.18 Å². The quantitative estimate of drug-likeness (QED) is 0.820. The maximum atomic E-state index is 13.9. The highest BCUT2D eigenvalue weighted by Gasteiger charge is 2.19. The largest absolute Gasteiger partial charge is 0.467 e. The molecule has 1 N–H and O–H groups in total. The third-order valence-electron chi connectivity index (χ3n) is 3.62. The zero-order chi connectivity index (χ0) is 18.7. The summed E-state index contributed by atoms with van der Waals surface area (Å²) in [5, 5.41) is 2.93. The van der Waals surface area contributed by atoms with Gasteiger partial charge in [-0.3, -0.25) is 4.79 Å². The van der Waals surface area contributed by atoms with Crippen molar-refractivity contribution >= 4 is 29.2 Å². The maximum absolute atomic E-state index is 13.9. The number of carbonyl (C=O) groups excluding carboxylic acids is 2. The molecule has 1 aliphatic heterocycles. The van der Waals surface area contributed by atoms with Crippen molar-refractivity contribution in [2.24, 2.45) is 0 Å². The molecule has 0 saturated heterocycles. The molecule has 1 aliphatic rings. The Morgan fingerprint density at radius 1 is 1.31 bits per heavy atom. The van der Waals surface area contributed by atoms with Crippen molar-refractivity contribution in [2.45, 2.75) is 20.1 Å². The Hall–Kier alpha value is -2.64. The van der Waals surface area contributed by atoms with Crippen LogP contribution in [-0.4, -0.2) is 18.7 Å². The van der Waals surface area contributed by atoms with E-state index < -0.39 is 11.8 Å². The lowest BCUT2D eigenvalue weighted by Crippen LogP contribution is -2.15. The number of anilines is 1. The van der Waals surface area contributed by atoms with E-state index in [0.29, 0.717) is 28.6 Å². The van der Waals surface area contributed by atoms with E-state index in [-0.39, 0.29) is 24.9 Å². The van der Waals surface area contributed by atoms with Crippen molar-refractivity contribution in [1.82, 2.24) is 0 Å². The van der Waals surface area contributed by atoms with Crippen LogP contribution in [0.4, 0.5) is 10.1 Å². The third-order valence-corrected chi connectivity index (χ3v) is 3.84. The molecule has 1 amide bonds. The molecule has 2 aromatic carbocycles. The predicted octanol–water partition coefficient (Wildman–Crippen LogP) is 3.66. The normalized spacial score (nSPS) is 12.7. The van der Waals surface area contributed by atoms with Crippen LogP contribution in [0.25, 0.3) is 0 Å². The minimum absolute atomic E-state index is 0.0863. The second kappa shape index (κ2) is 7.72. The first kappa shape index (κ1) is 18.2. The van der Waals surface area contributed by atoms with Gasteiger partial charge in [0.25, 0.3) is 0 Å². The van der Waals surface area contributed by atoms with Crippen LogP contribution in [0.1, 0.15) is 28.4 Å². The van der Waals surface area contributed by atoms with Crippen LogP contribution < -0.4 is 10.1 Å². The number of amides is 1. The van der Waals surface area contributed by atoms with Gasteiger partial charge in [0.2, 0.25) is 5.91 Å². The SMILES string of the molecule is CC(=O)Nc1ccc(F)c(C(=O)OCc2cc(Cl)cc3c2OCOC3)c1. The first-order valence-electron chi connectivity index (χ1n) is 7.70. The zero-order valence-electron chi connectivity index (χ0n) is 13.8. The number of benzene rings is 2. The molecule has 0 atom stereocenters. The molecule has 1 heterocycles. The number of hydrogen-bond acceptors (Lipinski definition) is 5. The molecule has 8 heteroatoms. The highest BCUT2D eigenvalue weighted by molar-refractivity contribution is 6.30. The number of hydrogen-bond donors (Lipinski definition) is 1. The first-order valence-corrected chi connectivity index (χ1v) is 8.08. The summed E-state index contributed by atoms with van der Waals surface area (Å²) in [4.78, 5) is 23.4. The highest BCUT2D eigenvalue weighted by Crippen LogP contribution is 2.32. The molecule has 2 aromatic rings. The van der Waals surface area contributed by atoms with Crippen molar-refractivity contribution in [3.63, 3.8) is 0 Å². The van der Waals surface area contributed by atoms with Crippen molar-refractivity contribution < 1.29 is 28.2 Å². The van der Waals surface area contributed by atoms with Crippen LogP contribution in [0.3, 0.4) is 0 Å². The Kier molecular flexibility index (Phi) is 5.39. The summed E-state index contributed by atoms with van der Waals surface area (Å²) in [7, 11) is 0. The molecule has 0 unspecified atom stereocenters. The number of ether oxygens (including phenoxy) is 3. The van der Waals surface area contributed by atoms with E-state index in [4.69, 9.17) is 25.8 Å². The summed E-state index contributed by atoms with van der Waals surface area (Å²) < 4.78 is 29.8. The average Bonchev–Trinajstić information content (AvgIpc) is 2.60. The molecule has 0 saturated carbocycles. The van der Waals surface area contributed by atoms with Crippen molar-refractivity contribution in [3.05, 3.63) is 57.9 Å². The molecule has 6 nitrogen and oxygen atoms in total. The average molecular weight is 380 g/mol. The summed E-state index contributed by atoms with van der Waals surface area (Å²) in [6.07, 6.45) is 0. The number of carbonyl (C=O) groups is 2. The summed E-state index contributed by atoms with van der Waals surface area (Å²) in [6, 6.07) is 6.98. The van der Waals surface area contributed by atoms with Gasteiger partial charge >= 0.3 is 5.97 Å². The molecule has 0 fully saturated rings. The number of halogens is 2. The van der Waals surface area contributed by atoms with Crippen molar-refractivity contribution in [3.8, 4) is 5.75 Å². The number of fused-ring (bicyclic) bond motifs is 1. The second-order valence-corrected chi connectivity index (χ2v) is 6.05. The van der Waals surface area contributed by atoms with Gasteiger partial charge in [0.05, 0.1) is 12.2 Å². The van der Waals surface area contributed by atoms with Crippen LogP contribution in [0.2, 0.25) is 5.02 Å². The lowest BCUT2D eigenvalue weighted by Gasteiger charge is -2.21. The summed E-state index contributed by atoms with van der Waals surface area (Å²) >= 11 is 6.06. The summed E-state index contributed by atoms with van der Waals surface area (Å²) in [5.41, 5.74) is 1.32. The Bertz CT molecular complexity index is 871. The van der Waals surface area contributed by atoms with Gasteiger partial charge in [-0.15, -0.1) is 0 Å². The minimum atomic E-state index is -0.865. The van der Waals surface area contributed by atoms with Crippen molar-refractivity contribution in [2.75, 3.05) is 12.1 Å². The highest BCUT2D eigenvalue weighted by atomic mass is 35.5. The minimum Gasteiger partial charge on any atom is -0.467 e. The second-order valence-electron chi connectivity index (χ2n) is 5.62. The molecular weight excluding hydrogens is 365 g/mol. The molecule has 136 valence electrons. The Labute approximate surface area is 153 Å². The van der Waals surface area contributed by atoms with Gasteiger partial charge in [0.15, 0.2) is 6.79 Å². The summed E-state index contributed by atoms with van der Waals surface area (Å²) in [6.45, 7) is 1.59. The molecule has 0 aliphatic carbocycles. The van der Waals surface area contributed by atoms with Gasteiger partial charge in [-0.2, -0.15) is 0 Å². The number of rotatable bonds is 4. The fourth-order valence-electron chi connectivity index (χ4n) is 2.55. The van der Waals surface area contributed by atoms with E-state index in [9.17, 15) is 14.0 Å². The molecule has 0 bridgehead atoms. The number of nitrogens with one attached hydrogen (secondary N) is 1. The van der Waals surface area contributed by atoms with Gasteiger partial charge in [0, 0.05) is 28.8 Å². The van der Waals surface area contributed by atoms with Crippen LogP contribution in [-0.2, 0) is 27.5 Å². The van der Waals surface area contributed by atoms with E-state index in [1.807, 2.05) is 0 Å². The van der Waals surface area contributed by atoms with Gasteiger partial charge in [-0.05, 0) is 30.3 Å². The molecule has 0 radical (unpaired) electrons. The van der Waals surface area contributed by atoms with E-state index >= 15 is 0 Å². The van der Waals surface area contributed by atoms with Crippen LogP contribution in [0.5, 0.6) is 5.75 Å². The van der Waals surface area contributed by atoms with Gasteiger partial charge < -0.3 is 19.5 Å². The van der Waals surface area contributed by atoms with E-state index in [2.05, 4.69) is 5.32 Å². The zero-order valence-corrected chi connectivity index (χ0v) is 14.6. The Morgan fingerprint density at radius 3 is 2.88 bits per heavy atom. The summed E-state index contributed by atoms with van der Waals surface area (Å²) in [5.74, 6) is -1.40. The molecule has 26 heavy (non-hydrogen) atoms. The monoisotopic (exact) mass is 379 g/mol. The first-order chi connectivity index (χ1) is 12.4. The fraction of sp³-hybridized carbons (Fsp3) is 0.222. The van der Waals surface area contributed by atoms with E-state index in [0.717, 1.165) is 11.6 Å². The standard InChI is InChI=1S/C18H15ClFNO5/c1-10(22)21-14-2-3-16(20)15(6-14)18(23)25-8-12-5-13(19)4-11-7-24-9-26-17(11)12/h2-6H,7-9H2,1H3,(H,21,22). The molecule has 0 spiro atoms. The number of esters is 1. The van der Waals surface area contributed by atoms with E-state index in [1.54, 1.807) is 12.1 Å². The smallest absolute Gasteiger partial charge is 0.341 e. The van der Waals surface area contributed by atoms with Gasteiger partial charge in [-0.1, -0.05) is 11.6 Å². The molecule has 0 aromatic heterocycles. The maximum Gasteiger partial charge on any atom is 0.341 e. The van der Waals surface area contributed by atoms with Gasteiger partial charge in [0.1, 0.15) is 18.2 Å².